The molecule has 0 spiro atoms. The molecule has 0 bridgehead atoms. The van der Waals surface area contributed by atoms with Crippen molar-refractivity contribution in [3.63, 3.8) is 0 Å². The molecule has 0 radical (unpaired) electrons. The summed E-state index contributed by atoms with van der Waals surface area (Å²) in [5, 5.41) is 11.9. The number of rotatable bonds is 14. The van der Waals surface area contributed by atoms with E-state index in [4.69, 9.17) is 5.26 Å². The van der Waals surface area contributed by atoms with Crippen LogP contribution in [0.4, 0.5) is 0 Å². The van der Waals surface area contributed by atoms with Gasteiger partial charge in [0.1, 0.15) is 0 Å². The van der Waals surface area contributed by atoms with E-state index in [-0.39, 0.29) is 4.75 Å². The minimum Gasteiger partial charge on any atom is -0.285 e. The Kier molecular flexibility index (Phi) is 11.2. The summed E-state index contributed by atoms with van der Waals surface area (Å²) in [6.07, 6.45) is 1.33. The van der Waals surface area contributed by atoms with Gasteiger partial charge >= 0.3 is 0 Å². The van der Waals surface area contributed by atoms with Gasteiger partial charge in [-0.15, -0.1) is 4.33 Å². The Labute approximate surface area is 181 Å². The lowest BCUT2D eigenvalue weighted by molar-refractivity contribution is -0.432. The van der Waals surface area contributed by atoms with E-state index in [9.17, 15) is 13.0 Å². The Hall–Kier alpha value is 0.0600. The fourth-order valence-electron chi connectivity index (χ4n) is 2.03. The van der Waals surface area contributed by atoms with Crippen LogP contribution >= 0.6 is 35.6 Å². The van der Waals surface area contributed by atoms with Gasteiger partial charge in [-0.3, -0.25) is 4.55 Å². The SMILES string of the molecule is CC(C)(CCSCc1ccc(CSCCC(C)(C)S(=O)(=O)O)cc1)SOOO. The van der Waals surface area contributed by atoms with E-state index < -0.39 is 14.9 Å². The Balaban J connectivity index is 2.29. The lowest BCUT2D eigenvalue weighted by Gasteiger charge is -2.20. The maximum absolute atomic E-state index is 11.3. The highest BCUT2D eigenvalue weighted by molar-refractivity contribution is 7.99. The third-order valence-electron chi connectivity index (χ3n) is 4.25. The molecule has 0 unspecified atom stereocenters. The lowest BCUT2D eigenvalue weighted by Crippen LogP contribution is -2.31. The van der Waals surface area contributed by atoms with Crippen molar-refractivity contribution < 1.29 is 27.6 Å². The monoisotopic (exact) mass is 470 g/mol. The standard InChI is InChI=1S/C18H30O6S4/c1-17(2,27-24-23-19)9-11-25-13-15-5-7-16(8-6-15)14-26-12-10-18(3,4)28(20,21)22/h5-8,19H,9-14H2,1-4H3,(H,20,21,22). The third-order valence-corrected chi connectivity index (χ3v) is 8.69. The first-order valence-electron chi connectivity index (χ1n) is 8.83. The van der Waals surface area contributed by atoms with Crippen LogP contribution in [0.1, 0.15) is 51.7 Å². The van der Waals surface area contributed by atoms with E-state index in [1.54, 1.807) is 25.6 Å². The van der Waals surface area contributed by atoms with Gasteiger partial charge < -0.3 is 0 Å². The second-order valence-corrected chi connectivity index (χ2v) is 13.3. The van der Waals surface area contributed by atoms with E-state index in [2.05, 4.69) is 33.6 Å². The number of hydrogen-bond acceptors (Lipinski definition) is 8. The van der Waals surface area contributed by atoms with Crippen LogP contribution < -0.4 is 0 Å². The zero-order valence-corrected chi connectivity index (χ0v) is 20.0. The minimum atomic E-state index is -4.02. The molecule has 10 heteroatoms. The average Bonchev–Trinajstić information content (AvgIpc) is 2.61. The molecule has 6 nitrogen and oxygen atoms in total. The Bertz CT molecular complexity index is 674. The number of benzene rings is 1. The van der Waals surface area contributed by atoms with Gasteiger partial charge in [0.15, 0.2) is 0 Å². The summed E-state index contributed by atoms with van der Waals surface area (Å²) in [7, 11) is -4.02. The van der Waals surface area contributed by atoms with Crippen LogP contribution in [-0.4, -0.2) is 39.2 Å². The first-order valence-corrected chi connectivity index (χ1v) is 13.3. The highest BCUT2D eigenvalue weighted by Gasteiger charge is 2.31. The number of hydrogen-bond donors (Lipinski definition) is 2. The molecule has 0 saturated heterocycles. The van der Waals surface area contributed by atoms with Crippen molar-refractivity contribution in [2.75, 3.05) is 11.5 Å². The van der Waals surface area contributed by atoms with Crippen molar-refractivity contribution in [2.24, 2.45) is 0 Å². The Morgan fingerprint density at radius 1 is 0.929 bits per heavy atom. The molecule has 1 aromatic carbocycles. The molecule has 0 aliphatic heterocycles. The molecule has 0 fully saturated rings. The molecule has 0 heterocycles. The first-order chi connectivity index (χ1) is 13.0. The van der Waals surface area contributed by atoms with E-state index in [0.29, 0.717) is 12.2 Å². The molecular formula is C18H30O6S4. The van der Waals surface area contributed by atoms with Gasteiger partial charge in [-0.05, 0) is 63.2 Å². The Morgan fingerprint density at radius 2 is 1.39 bits per heavy atom. The zero-order chi connectivity index (χ0) is 21.3. The highest BCUT2D eigenvalue weighted by atomic mass is 32.2. The molecular weight excluding hydrogens is 440 g/mol. The molecule has 0 aliphatic rings. The number of thioether (sulfide) groups is 2. The van der Waals surface area contributed by atoms with Crippen molar-refractivity contribution >= 4 is 45.7 Å². The topological polar surface area (TPSA) is 93.1 Å². The first kappa shape index (κ1) is 26.1. The van der Waals surface area contributed by atoms with E-state index >= 15 is 0 Å². The van der Waals surface area contributed by atoms with Crippen LogP contribution in [0.25, 0.3) is 0 Å². The maximum atomic E-state index is 11.3. The van der Waals surface area contributed by atoms with Gasteiger partial charge in [0.25, 0.3) is 10.1 Å². The summed E-state index contributed by atoms with van der Waals surface area (Å²) in [4.78, 5) is 0. The van der Waals surface area contributed by atoms with Gasteiger partial charge in [-0.2, -0.15) is 31.9 Å². The van der Waals surface area contributed by atoms with Crippen molar-refractivity contribution in [1.82, 2.24) is 0 Å². The van der Waals surface area contributed by atoms with Crippen molar-refractivity contribution in [2.45, 2.75) is 61.5 Å². The van der Waals surface area contributed by atoms with Crippen LogP contribution in [-0.2, 0) is 31.0 Å². The van der Waals surface area contributed by atoms with Gasteiger partial charge in [-0.25, -0.2) is 5.26 Å². The van der Waals surface area contributed by atoms with Crippen LogP contribution in [0.15, 0.2) is 24.3 Å². The predicted molar refractivity (Wildman–Crippen MR) is 120 cm³/mol. The van der Waals surface area contributed by atoms with Gasteiger partial charge in [0.05, 0.1) is 4.75 Å². The molecule has 28 heavy (non-hydrogen) atoms. The van der Waals surface area contributed by atoms with Crippen LogP contribution in [0.2, 0.25) is 0 Å². The average molecular weight is 471 g/mol. The second kappa shape index (κ2) is 12.0. The normalized spacial score (nSPS) is 13.1. The van der Waals surface area contributed by atoms with Crippen LogP contribution in [0.3, 0.4) is 0 Å². The van der Waals surface area contributed by atoms with Gasteiger partial charge in [0, 0.05) is 28.3 Å². The molecule has 0 aromatic heterocycles. The predicted octanol–water partition coefficient (Wildman–Crippen LogP) is 5.45. The second-order valence-electron chi connectivity index (χ2n) is 7.64. The van der Waals surface area contributed by atoms with Crippen molar-refractivity contribution in [3.8, 4) is 0 Å². The quantitative estimate of drug-likeness (QED) is 0.121. The van der Waals surface area contributed by atoms with Crippen LogP contribution in [0.5, 0.6) is 0 Å². The van der Waals surface area contributed by atoms with Crippen molar-refractivity contribution in [3.05, 3.63) is 35.4 Å². The summed E-state index contributed by atoms with van der Waals surface area (Å²) in [6.45, 7) is 7.15. The Morgan fingerprint density at radius 3 is 1.82 bits per heavy atom. The fraction of sp³-hybridized carbons (Fsp3) is 0.667. The third kappa shape index (κ3) is 10.2. The summed E-state index contributed by atoms with van der Waals surface area (Å²) in [6, 6.07) is 8.44. The van der Waals surface area contributed by atoms with Crippen molar-refractivity contribution in [1.29, 1.82) is 0 Å². The molecule has 0 aliphatic carbocycles. The fourth-order valence-corrected chi connectivity index (χ4v) is 5.50. The molecule has 2 N–H and O–H groups in total. The minimum absolute atomic E-state index is 0.138. The smallest absolute Gasteiger partial charge is 0.270 e. The van der Waals surface area contributed by atoms with E-state index in [1.807, 2.05) is 25.6 Å². The van der Waals surface area contributed by atoms with E-state index in [1.165, 1.54) is 11.1 Å². The highest BCUT2D eigenvalue weighted by Crippen LogP contribution is 2.31. The lowest BCUT2D eigenvalue weighted by atomic mass is 10.1. The molecule has 1 aromatic rings. The summed E-state index contributed by atoms with van der Waals surface area (Å²) >= 11 is 4.61. The van der Waals surface area contributed by atoms with Gasteiger partial charge in [0.2, 0.25) is 0 Å². The summed E-state index contributed by atoms with van der Waals surface area (Å²) in [5.74, 6) is 3.38. The molecule has 1 rings (SSSR count). The summed E-state index contributed by atoms with van der Waals surface area (Å²) < 4.78 is 35.0. The van der Waals surface area contributed by atoms with Gasteiger partial charge in [-0.1, -0.05) is 29.3 Å². The molecule has 0 saturated carbocycles. The summed E-state index contributed by atoms with van der Waals surface area (Å²) in [5.41, 5.74) is 2.45. The molecule has 0 amide bonds. The largest absolute Gasteiger partial charge is 0.285 e. The maximum Gasteiger partial charge on any atom is 0.270 e. The molecule has 162 valence electrons. The van der Waals surface area contributed by atoms with Crippen LogP contribution in [0, 0.1) is 0 Å². The zero-order valence-electron chi connectivity index (χ0n) is 16.7. The molecule has 0 atom stereocenters. The van der Waals surface area contributed by atoms with E-state index in [0.717, 1.165) is 35.7 Å².